The van der Waals surface area contributed by atoms with E-state index in [1.807, 2.05) is 0 Å². The molecule has 0 aliphatic heterocycles. The predicted molar refractivity (Wildman–Crippen MR) is 111 cm³/mol. The Morgan fingerprint density at radius 3 is 2.45 bits per heavy atom. The van der Waals surface area contributed by atoms with E-state index in [1.54, 1.807) is 30.3 Å². The van der Waals surface area contributed by atoms with Gasteiger partial charge in [-0.25, -0.2) is 13.4 Å². The Balaban J connectivity index is 1.87. The summed E-state index contributed by atoms with van der Waals surface area (Å²) in [5.74, 6) is -0.654. The van der Waals surface area contributed by atoms with Gasteiger partial charge in [-0.15, -0.1) is 0 Å². The highest BCUT2D eigenvalue weighted by Crippen LogP contribution is 2.34. The maximum atomic E-state index is 13.4. The fraction of sp³-hybridized carbons (Fsp3) is 0.211. The lowest BCUT2D eigenvalue weighted by molar-refractivity contribution is -0.137. The zero-order chi connectivity index (χ0) is 22.5. The number of hydrogen-bond acceptors (Lipinski definition) is 7. The number of sulfonamides is 1. The van der Waals surface area contributed by atoms with E-state index in [0.717, 1.165) is 0 Å². The second-order valence-corrected chi connectivity index (χ2v) is 8.31. The van der Waals surface area contributed by atoms with Crippen molar-refractivity contribution in [2.24, 2.45) is 0 Å². The van der Waals surface area contributed by atoms with Gasteiger partial charge in [-0.05, 0) is 31.2 Å². The third-order valence-corrected chi connectivity index (χ3v) is 5.37. The van der Waals surface area contributed by atoms with Crippen molar-refractivity contribution < 1.29 is 21.6 Å². The highest BCUT2D eigenvalue weighted by atomic mass is 32.2. The standard InChI is InChI=1S/C19H19F3N6O2S/c1-2-31(29,30)28-15-9-6-10-23-16(15)12-24-17-14(19(20,21)22)11-25-18(27-17)26-13-7-4-3-5-8-13/h3-11,28H,2,12H2,1H3,(H2,24,25,26,27). The van der Waals surface area contributed by atoms with Crippen LogP contribution in [0.5, 0.6) is 0 Å². The second-order valence-electron chi connectivity index (χ2n) is 6.30. The Bertz CT molecular complexity index is 1140. The van der Waals surface area contributed by atoms with E-state index < -0.39 is 27.6 Å². The molecule has 0 saturated heterocycles. The number of rotatable bonds is 8. The monoisotopic (exact) mass is 452 g/mol. The van der Waals surface area contributed by atoms with Crippen LogP contribution in [-0.4, -0.2) is 29.1 Å². The third-order valence-electron chi connectivity index (χ3n) is 4.08. The number of pyridine rings is 1. The van der Waals surface area contributed by atoms with Crippen molar-refractivity contribution in [1.29, 1.82) is 0 Å². The third kappa shape index (κ3) is 6.04. The van der Waals surface area contributed by atoms with E-state index in [-0.39, 0.29) is 29.6 Å². The molecule has 0 fully saturated rings. The van der Waals surface area contributed by atoms with Gasteiger partial charge in [-0.2, -0.15) is 18.2 Å². The zero-order valence-electron chi connectivity index (χ0n) is 16.3. The van der Waals surface area contributed by atoms with Crippen molar-refractivity contribution in [2.45, 2.75) is 19.6 Å². The van der Waals surface area contributed by atoms with Crippen molar-refractivity contribution in [2.75, 3.05) is 21.1 Å². The highest BCUT2D eigenvalue weighted by Gasteiger charge is 2.35. The molecule has 8 nitrogen and oxygen atoms in total. The largest absolute Gasteiger partial charge is 0.421 e. The van der Waals surface area contributed by atoms with Crippen LogP contribution in [0.4, 0.5) is 36.3 Å². The number of anilines is 4. The molecule has 31 heavy (non-hydrogen) atoms. The van der Waals surface area contributed by atoms with Crippen molar-refractivity contribution in [3.05, 3.63) is 66.1 Å². The number of benzene rings is 1. The molecule has 12 heteroatoms. The van der Waals surface area contributed by atoms with Crippen LogP contribution >= 0.6 is 0 Å². The molecule has 3 N–H and O–H groups in total. The fourth-order valence-corrected chi connectivity index (χ4v) is 3.18. The first-order chi connectivity index (χ1) is 14.7. The van der Waals surface area contributed by atoms with Crippen LogP contribution in [0, 0.1) is 0 Å². The van der Waals surface area contributed by atoms with Gasteiger partial charge < -0.3 is 10.6 Å². The molecule has 0 saturated carbocycles. The van der Waals surface area contributed by atoms with Crippen LogP contribution in [0.25, 0.3) is 0 Å². The molecular weight excluding hydrogens is 433 g/mol. The summed E-state index contributed by atoms with van der Waals surface area (Å²) in [5, 5.41) is 5.43. The first-order valence-electron chi connectivity index (χ1n) is 9.12. The van der Waals surface area contributed by atoms with Gasteiger partial charge in [0.05, 0.1) is 23.7 Å². The second kappa shape index (κ2) is 9.16. The van der Waals surface area contributed by atoms with Crippen molar-refractivity contribution >= 4 is 33.2 Å². The lowest BCUT2D eigenvalue weighted by atomic mass is 10.2. The molecule has 3 aromatic rings. The summed E-state index contributed by atoms with van der Waals surface area (Å²) in [6.45, 7) is 1.27. The van der Waals surface area contributed by atoms with Gasteiger partial charge in [0.2, 0.25) is 16.0 Å². The molecule has 0 aliphatic carbocycles. The van der Waals surface area contributed by atoms with Gasteiger partial charge >= 0.3 is 6.18 Å². The molecule has 0 unspecified atom stereocenters. The Kier molecular flexibility index (Phi) is 6.59. The normalized spacial score (nSPS) is 11.7. The summed E-state index contributed by atoms with van der Waals surface area (Å²) in [5.41, 5.74) is -0.0714. The minimum atomic E-state index is -4.69. The van der Waals surface area contributed by atoms with Gasteiger partial charge in [0.25, 0.3) is 0 Å². The number of hydrogen-bond donors (Lipinski definition) is 3. The molecule has 2 aromatic heterocycles. The number of alkyl halides is 3. The van der Waals surface area contributed by atoms with Crippen LogP contribution in [0.1, 0.15) is 18.2 Å². The average molecular weight is 452 g/mol. The topological polar surface area (TPSA) is 109 Å². The average Bonchev–Trinajstić information content (AvgIpc) is 2.73. The summed E-state index contributed by atoms with van der Waals surface area (Å²) in [6.07, 6.45) is -2.60. The highest BCUT2D eigenvalue weighted by molar-refractivity contribution is 7.92. The number of aromatic nitrogens is 3. The number of halogens is 3. The van der Waals surface area contributed by atoms with E-state index >= 15 is 0 Å². The minimum Gasteiger partial charge on any atom is -0.364 e. The van der Waals surface area contributed by atoms with Gasteiger partial charge in [-0.3, -0.25) is 9.71 Å². The summed E-state index contributed by atoms with van der Waals surface area (Å²) in [7, 11) is -3.58. The van der Waals surface area contributed by atoms with Gasteiger partial charge in [0.15, 0.2) is 0 Å². The maximum Gasteiger partial charge on any atom is 0.421 e. The molecule has 0 atom stereocenters. The smallest absolute Gasteiger partial charge is 0.364 e. The SMILES string of the molecule is CCS(=O)(=O)Nc1cccnc1CNc1nc(Nc2ccccc2)ncc1C(F)(F)F. The number of nitrogens with zero attached hydrogens (tertiary/aromatic N) is 3. The van der Waals surface area contributed by atoms with E-state index in [4.69, 9.17) is 0 Å². The van der Waals surface area contributed by atoms with E-state index in [1.165, 1.54) is 25.3 Å². The van der Waals surface area contributed by atoms with Crippen molar-refractivity contribution in [3.8, 4) is 0 Å². The van der Waals surface area contributed by atoms with E-state index in [0.29, 0.717) is 11.9 Å². The molecule has 164 valence electrons. The van der Waals surface area contributed by atoms with Gasteiger partial charge in [0.1, 0.15) is 11.4 Å². The lowest BCUT2D eigenvalue weighted by Crippen LogP contribution is -2.18. The predicted octanol–water partition coefficient (Wildman–Crippen LogP) is 4.01. The van der Waals surface area contributed by atoms with Crippen molar-refractivity contribution in [3.63, 3.8) is 0 Å². The maximum absolute atomic E-state index is 13.4. The van der Waals surface area contributed by atoms with E-state index in [2.05, 4.69) is 30.3 Å². The summed E-state index contributed by atoms with van der Waals surface area (Å²) >= 11 is 0. The van der Waals surface area contributed by atoms with Crippen LogP contribution < -0.4 is 15.4 Å². The molecule has 2 heterocycles. The molecule has 0 aliphatic rings. The number of nitrogens with one attached hydrogen (secondary N) is 3. The van der Waals surface area contributed by atoms with Gasteiger partial charge in [0, 0.05) is 18.1 Å². The molecule has 0 bridgehead atoms. The first kappa shape index (κ1) is 22.3. The molecule has 0 spiro atoms. The molecule has 1 aromatic carbocycles. The zero-order valence-corrected chi connectivity index (χ0v) is 17.1. The van der Waals surface area contributed by atoms with Crippen molar-refractivity contribution in [1.82, 2.24) is 15.0 Å². The Morgan fingerprint density at radius 2 is 1.77 bits per heavy atom. The molecule has 3 rings (SSSR count). The molecular formula is C19H19F3N6O2S. The first-order valence-corrected chi connectivity index (χ1v) is 10.8. The quantitative estimate of drug-likeness (QED) is 0.474. The summed E-state index contributed by atoms with van der Waals surface area (Å²) < 4.78 is 66.4. The minimum absolute atomic E-state index is 0.0327. The summed E-state index contributed by atoms with van der Waals surface area (Å²) in [4.78, 5) is 11.8. The Labute approximate surface area is 177 Å². The van der Waals surface area contributed by atoms with Crippen LogP contribution in [0.3, 0.4) is 0 Å². The number of para-hydroxylation sites is 1. The summed E-state index contributed by atoms with van der Waals surface area (Å²) in [6, 6.07) is 11.7. The van der Waals surface area contributed by atoms with Crippen LogP contribution in [-0.2, 0) is 22.7 Å². The Hall–Kier alpha value is -3.41. The molecule has 0 radical (unpaired) electrons. The lowest BCUT2D eigenvalue weighted by Gasteiger charge is -2.16. The van der Waals surface area contributed by atoms with E-state index in [9.17, 15) is 21.6 Å². The van der Waals surface area contributed by atoms with Crippen LogP contribution in [0.2, 0.25) is 0 Å². The van der Waals surface area contributed by atoms with Gasteiger partial charge in [-0.1, -0.05) is 18.2 Å². The molecule has 0 amide bonds. The Morgan fingerprint density at radius 1 is 1.03 bits per heavy atom. The van der Waals surface area contributed by atoms with Crippen LogP contribution in [0.15, 0.2) is 54.9 Å². The fourth-order valence-electron chi connectivity index (χ4n) is 2.51.